The average Bonchev–Trinajstić information content (AvgIpc) is 2.98. The van der Waals surface area contributed by atoms with Crippen LogP contribution in [0.4, 0.5) is 0 Å². The summed E-state index contributed by atoms with van der Waals surface area (Å²) in [6, 6.07) is 23.0. The van der Waals surface area contributed by atoms with Gasteiger partial charge in [-0.3, -0.25) is 4.90 Å². The number of hydrogen-bond donors (Lipinski definition) is 2. The molecular formula is C23H27NO4. The number of likely N-dealkylation sites (tertiary alicyclic amines) is 1. The first-order valence-corrected chi connectivity index (χ1v) is 9.80. The van der Waals surface area contributed by atoms with Crippen LogP contribution in [-0.2, 0) is 21.4 Å². The predicted molar refractivity (Wildman–Crippen MR) is 107 cm³/mol. The molecule has 1 saturated heterocycles. The Morgan fingerprint density at radius 1 is 0.964 bits per heavy atom. The van der Waals surface area contributed by atoms with Gasteiger partial charge in [0.2, 0.25) is 0 Å². The Hall–Kier alpha value is -2.66. The van der Waals surface area contributed by atoms with Crippen molar-refractivity contribution in [2.75, 3.05) is 13.1 Å². The summed E-state index contributed by atoms with van der Waals surface area (Å²) in [5.74, 6) is -3.65. The Morgan fingerprint density at radius 3 is 2.18 bits per heavy atom. The second-order valence-corrected chi connectivity index (χ2v) is 7.71. The summed E-state index contributed by atoms with van der Waals surface area (Å²) in [5, 5.41) is 14.8. The Bertz CT molecular complexity index is 781. The lowest BCUT2D eigenvalue weighted by atomic mass is 9.71. The van der Waals surface area contributed by atoms with Crippen LogP contribution < -0.4 is 0 Å². The fraction of sp³-hybridized carbons (Fsp3) is 0.391. The minimum Gasteiger partial charge on any atom is -0.473 e. The zero-order chi connectivity index (χ0) is 20.0. The standard InChI is InChI=1S/C21H25N.C2H2O4/c1-3-8-18(9-4-1)13-15-22-17-21(14-7-12-20(22)16-21)19-10-5-2-6-11-19;3-1(4)2(5)6/h1-6,8-11,20H,7,12-17H2;(H,3,4)(H,5,6). The number of carboxylic acid groups (broad SMARTS) is 2. The minimum atomic E-state index is -1.82. The van der Waals surface area contributed by atoms with E-state index in [0.29, 0.717) is 5.41 Å². The molecule has 0 spiro atoms. The number of hydrogen-bond acceptors (Lipinski definition) is 3. The molecule has 2 atom stereocenters. The highest BCUT2D eigenvalue weighted by Gasteiger charge is 2.46. The van der Waals surface area contributed by atoms with Gasteiger partial charge in [0.15, 0.2) is 0 Å². The lowest BCUT2D eigenvalue weighted by Gasteiger charge is -2.32. The van der Waals surface area contributed by atoms with E-state index in [1.807, 2.05) is 0 Å². The quantitative estimate of drug-likeness (QED) is 0.792. The number of carbonyl (C=O) groups is 2. The van der Waals surface area contributed by atoms with Gasteiger partial charge >= 0.3 is 11.9 Å². The Labute approximate surface area is 165 Å². The second-order valence-electron chi connectivity index (χ2n) is 7.71. The van der Waals surface area contributed by atoms with Crippen LogP contribution in [0, 0.1) is 0 Å². The molecule has 2 unspecified atom stereocenters. The van der Waals surface area contributed by atoms with E-state index in [1.165, 1.54) is 50.8 Å². The SMILES string of the molecule is O=C(O)C(=O)O.c1ccc(CCN2CC3(c4ccccc4)CCCC2C3)cc1. The van der Waals surface area contributed by atoms with Crippen LogP contribution in [0.1, 0.15) is 36.8 Å². The molecule has 28 heavy (non-hydrogen) atoms. The zero-order valence-corrected chi connectivity index (χ0v) is 16.0. The number of benzene rings is 2. The first-order valence-electron chi connectivity index (χ1n) is 9.80. The number of fused-ring (bicyclic) bond motifs is 2. The summed E-state index contributed by atoms with van der Waals surface area (Å²) in [7, 11) is 0. The van der Waals surface area contributed by atoms with Gasteiger partial charge in [-0.15, -0.1) is 0 Å². The van der Waals surface area contributed by atoms with Crippen LogP contribution in [0.2, 0.25) is 0 Å². The predicted octanol–water partition coefficient (Wildman–Crippen LogP) is 3.58. The fourth-order valence-corrected chi connectivity index (χ4v) is 4.63. The summed E-state index contributed by atoms with van der Waals surface area (Å²) in [6.45, 7) is 2.47. The summed E-state index contributed by atoms with van der Waals surface area (Å²) in [6.07, 6.45) is 6.70. The van der Waals surface area contributed by atoms with Gasteiger partial charge in [0, 0.05) is 24.5 Å². The summed E-state index contributed by atoms with van der Waals surface area (Å²) in [5.41, 5.74) is 3.47. The van der Waals surface area contributed by atoms with E-state index < -0.39 is 11.9 Å². The van der Waals surface area contributed by atoms with Gasteiger partial charge in [0.1, 0.15) is 0 Å². The molecule has 2 aliphatic rings. The third-order valence-electron chi connectivity index (χ3n) is 5.94. The Kier molecular flexibility index (Phi) is 6.47. The normalized spacial score (nSPS) is 23.5. The molecule has 1 aliphatic heterocycles. The topological polar surface area (TPSA) is 77.8 Å². The average molecular weight is 381 g/mol. The molecular weight excluding hydrogens is 354 g/mol. The molecule has 2 aromatic rings. The Morgan fingerprint density at radius 2 is 1.57 bits per heavy atom. The van der Waals surface area contributed by atoms with E-state index in [1.54, 1.807) is 5.56 Å². The lowest BCUT2D eigenvalue weighted by Crippen LogP contribution is -2.31. The van der Waals surface area contributed by atoms with Gasteiger partial charge in [0.05, 0.1) is 0 Å². The van der Waals surface area contributed by atoms with E-state index in [9.17, 15) is 0 Å². The molecule has 2 bridgehead atoms. The smallest absolute Gasteiger partial charge is 0.414 e. The molecule has 0 amide bonds. The maximum absolute atomic E-state index is 9.10. The van der Waals surface area contributed by atoms with Crippen molar-refractivity contribution in [1.29, 1.82) is 0 Å². The maximum atomic E-state index is 9.10. The fourth-order valence-electron chi connectivity index (χ4n) is 4.63. The minimum absolute atomic E-state index is 0.431. The van der Waals surface area contributed by atoms with Crippen molar-refractivity contribution in [3.05, 3.63) is 71.8 Å². The number of nitrogens with zero attached hydrogens (tertiary/aromatic N) is 1. The van der Waals surface area contributed by atoms with Crippen LogP contribution in [0.3, 0.4) is 0 Å². The first-order chi connectivity index (χ1) is 13.5. The molecule has 2 fully saturated rings. The highest BCUT2D eigenvalue weighted by atomic mass is 16.4. The van der Waals surface area contributed by atoms with E-state index in [4.69, 9.17) is 19.8 Å². The first kappa shape index (κ1) is 20.1. The van der Waals surface area contributed by atoms with Crippen molar-refractivity contribution in [1.82, 2.24) is 4.90 Å². The molecule has 2 N–H and O–H groups in total. The highest BCUT2D eigenvalue weighted by Crippen LogP contribution is 2.47. The molecule has 0 aromatic heterocycles. The van der Waals surface area contributed by atoms with Crippen LogP contribution >= 0.6 is 0 Å². The summed E-state index contributed by atoms with van der Waals surface area (Å²) >= 11 is 0. The largest absolute Gasteiger partial charge is 0.473 e. The molecule has 5 nitrogen and oxygen atoms in total. The number of carboxylic acids is 2. The monoisotopic (exact) mass is 381 g/mol. The zero-order valence-electron chi connectivity index (χ0n) is 16.0. The maximum Gasteiger partial charge on any atom is 0.414 e. The van der Waals surface area contributed by atoms with Crippen molar-refractivity contribution in [3.63, 3.8) is 0 Å². The molecule has 1 aliphatic carbocycles. The van der Waals surface area contributed by atoms with Crippen molar-refractivity contribution < 1.29 is 19.8 Å². The molecule has 1 saturated carbocycles. The van der Waals surface area contributed by atoms with E-state index in [2.05, 4.69) is 65.6 Å². The van der Waals surface area contributed by atoms with Gasteiger partial charge in [-0.2, -0.15) is 0 Å². The van der Waals surface area contributed by atoms with Gasteiger partial charge in [-0.25, -0.2) is 9.59 Å². The van der Waals surface area contributed by atoms with E-state index in [-0.39, 0.29) is 0 Å². The molecule has 1 heterocycles. The second kappa shape index (κ2) is 9.02. The Balaban J connectivity index is 0.000000330. The van der Waals surface area contributed by atoms with Crippen LogP contribution in [-0.4, -0.2) is 46.2 Å². The molecule has 0 radical (unpaired) electrons. The van der Waals surface area contributed by atoms with Crippen LogP contribution in [0.25, 0.3) is 0 Å². The molecule has 2 aromatic carbocycles. The van der Waals surface area contributed by atoms with Crippen molar-refractivity contribution >= 4 is 11.9 Å². The third kappa shape index (κ3) is 4.78. The molecule has 5 heteroatoms. The number of rotatable bonds is 4. The number of aliphatic carboxylic acids is 2. The van der Waals surface area contributed by atoms with Gasteiger partial charge in [-0.05, 0) is 36.8 Å². The lowest BCUT2D eigenvalue weighted by molar-refractivity contribution is -0.159. The van der Waals surface area contributed by atoms with Crippen LogP contribution in [0.15, 0.2) is 60.7 Å². The molecule has 4 rings (SSSR count). The summed E-state index contributed by atoms with van der Waals surface area (Å²) in [4.78, 5) is 21.0. The van der Waals surface area contributed by atoms with Gasteiger partial charge < -0.3 is 10.2 Å². The summed E-state index contributed by atoms with van der Waals surface area (Å²) < 4.78 is 0. The van der Waals surface area contributed by atoms with Gasteiger partial charge in [-0.1, -0.05) is 67.1 Å². The van der Waals surface area contributed by atoms with Crippen molar-refractivity contribution in [3.8, 4) is 0 Å². The highest BCUT2D eigenvalue weighted by molar-refractivity contribution is 6.27. The van der Waals surface area contributed by atoms with Crippen molar-refractivity contribution in [2.24, 2.45) is 0 Å². The molecule has 148 valence electrons. The van der Waals surface area contributed by atoms with Gasteiger partial charge in [0.25, 0.3) is 0 Å². The third-order valence-corrected chi connectivity index (χ3v) is 5.94. The van der Waals surface area contributed by atoms with E-state index >= 15 is 0 Å². The van der Waals surface area contributed by atoms with Crippen molar-refractivity contribution in [2.45, 2.75) is 43.6 Å². The van der Waals surface area contributed by atoms with Crippen LogP contribution in [0.5, 0.6) is 0 Å². The van der Waals surface area contributed by atoms with E-state index in [0.717, 1.165) is 6.04 Å².